The molecule has 62 valence electrons. The third-order valence-corrected chi connectivity index (χ3v) is 2.08. The minimum atomic E-state index is 0.257. The average molecular weight is 160 g/mol. The highest BCUT2D eigenvalue weighted by atomic mass is 16.5. The minimum absolute atomic E-state index is 0.257. The first-order chi connectivity index (χ1) is 5.90. The van der Waals surface area contributed by atoms with Gasteiger partial charge in [-0.1, -0.05) is 24.3 Å². The molecule has 1 heteroatoms. The van der Waals surface area contributed by atoms with E-state index >= 15 is 0 Å². The molecule has 0 saturated carbocycles. The molecule has 1 unspecified atom stereocenters. The van der Waals surface area contributed by atoms with Crippen molar-refractivity contribution < 1.29 is 4.74 Å². The van der Waals surface area contributed by atoms with Gasteiger partial charge in [-0.3, -0.25) is 0 Å². The van der Waals surface area contributed by atoms with Gasteiger partial charge in [0.1, 0.15) is 11.9 Å². The van der Waals surface area contributed by atoms with Crippen LogP contribution in [0.3, 0.4) is 0 Å². The summed E-state index contributed by atoms with van der Waals surface area (Å²) in [5, 5.41) is 0. The average Bonchev–Trinajstić information content (AvgIpc) is 2.47. The van der Waals surface area contributed by atoms with Crippen molar-refractivity contribution in [2.75, 3.05) is 0 Å². The van der Waals surface area contributed by atoms with E-state index in [1.807, 2.05) is 25.1 Å². The first kappa shape index (κ1) is 7.41. The van der Waals surface area contributed by atoms with Gasteiger partial charge in [0, 0.05) is 6.42 Å². The monoisotopic (exact) mass is 160 g/mol. The van der Waals surface area contributed by atoms with Crippen LogP contribution in [0.15, 0.2) is 36.4 Å². The van der Waals surface area contributed by atoms with Gasteiger partial charge in [-0.15, -0.1) is 0 Å². The second kappa shape index (κ2) is 3.02. The van der Waals surface area contributed by atoms with Gasteiger partial charge in [0.05, 0.1) is 0 Å². The van der Waals surface area contributed by atoms with Crippen LogP contribution in [-0.2, 0) is 6.42 Å². The summed E-state index contributed by atoms with van der Waals surface area (Å²) in [6.07, 6.45) is 5.41. The Bertz CT molecular complexity index is 277. The Morgan fingerprint density at radius 1 is 1.42 bits per heavy atom. The molecule has 1 aliphatic heterocycles. The smallest absolute Gasteiger partial charge is 0.123 e. The van der Waals surface area contributed by atoms with Crippen LogP contribution in [-0.4, -0.2) is 6.10 Å². The molecule has 1 aliphatic rings. The molecule has 0 fully saturated rings. The van der Waals surface area contributed by atoms with E-state index in [1.54, 1.807) is 0 Å². The maximum atomic E-state index is 5.66. The lowest BCUT2D eigenvalue weighted by Gasteiger charge is -2.02. The van der Waals surface area contributed by atoms with Gasteiger partial charge < -0.3 is 4.74 Å². The van der Waals surface area contributed by atoms with Crippen molar-refractivity contribution in [3.05, 3.63) is 42.0 Å². The van der Waals surface area contributed by atoms with Gasteiger partial charge in [0.15, 0.2) is 0 Å². The van der Waals surface area contributed by atoms with Crippen molar-refractivity contribution in [1.82, 2.24) is 0 Å². The van der Waals surface area contributed by atoms with Crippen LogP contribution in [0, 0.1) is 0 Å². The van der Waals surface area contributed by atoms with Crippen LogP contribution in [0.2, 0.25) is 0 Å². The van der Waals surface area contributed by atoms with E-state index in [-0.39, 0.29) is 6.10 Å². The minimum Gasteiger partial charge on any atom is -0.486 e. The van der Waals surface area contributed by atoms with E-state index in [1.165, 1.54) is 5.56 Å². The summed E-state index contributed by atoms with van der Waals surface area (Å²) in [5.74, 6) is 1.04. The summed E-state index contributed by atoms with van der Waals surface area (Å²) in [4.78, 5) is 0. The third kappa shape index (κ3) is 1.22. The Hall–Kier alpha value is -1.24. The Kier molecular flexibility index (Phi) is 1.86. The quantitative estimate of drug-likeness (QED) is 0.574. The Balaban J connectivity index is 2.22. The molecular weight excluding hydrogens is 148 g/mol. The molecule has 1 nitrogen and oxygen atoms in total. The highest BCUT2D eigenvalue weighted by Gasteiger charge is 2.18. The van der Waals surface area contributed by atoms with Crippen molar-refractivity contribution in [2.45, 2.75) is 19.4 Å². The van der Waals surface area contributed by atoms with Gasteiger partial charge in [-0.2, -0.15) is 0 Å². The number of allylic oxidation sites excluding steroid dienone is 1. The molecule has 0 spiro atoms. The van der Waals surface area contributed by atoms with E-state index in [2.05, 4.69) is 18.2 Å². The summed E-state index contributed by atoms with van der Waals surface area (Å²) in [6, 6.07) is 8.22. The number of hydrogen-bond donors (Lipinski definition) is 0. The fraction of sp³-hybridized carbons (Fsp3) is 0.273. The fourth-order valence-corrected chi connectivity index (χ4v) is 1.53. The number of fused-ring (bicyclic) bond motifs is 1. The lowest BCUT2D eigenvalue weighted by Crippen LogP contribution is -2.07. The molecule has 0 aliphatic carbocycles. The number of para-hydroxylation sites is 1. The summed E-state index contributed by atoms with van der Waals surface area (Å²) < 4.78 is 5.66. The van der Waals surface area contributed by atoms with Crippen molar-refractivity contribution in [1.29, 1.82) is 0 Å². The molecule has 0 amide bonds. The Morgan fingerprint density at radius 3 is 3.00 bits per heavy atom. The maximum Gasteiger partial charge on any atom is 0.123 e. The van der Waals surface area contributed by atoms with E-state index in [4.69, 9.17) is 4.74 Å². The van der Waals surface area contributed by atoms with Gasteiger partial charge in [-0.05, 0) is 24.6 Å². The number of rotatable bonds is 1. The van der Waals surface area contributed by atoms with Gasteiger partial charge in [0.2, 0.25) is 0 Å². The molecule has 0 bridgehead atoms. The molecular formula is C11H12O. The van der Waals surface area contributed by atoms with E-state index < -0.39 is 0 Å². The van der Waals surface area contributed by atoms with E-state index in [0.717, 1.165) is 12.2 Å². The van der Waals surface area contributed by atoms with Crippen molar-refractivity contribution in [3.8, 4) is 5.75 Å². The first-order valence-corrected chi connectivity index (χ1v) is 4.27. The predicted molar refractivity (Wildman–Crippen MR) is 49.4 cm³/mol. The summed E-state index contributed by atoms with van der Waals surface area (Å²) in [5.41, 5.74) is 1.32. The largest absolute Gasteiger partial charge is 0.486 e. The highest BCUT2D eigenvalue weighted by Crippen LogP contribution is 2.28. The second-order valence-electron chi connectivity index (χ2n) is 2.99. The zero-order valence-corrected chi connectivity index (χ0v) is 7.16. The standard InChI is InChI=1S/C11H12O/c1-2-5-10-8-9-6-3-4-7-11(9)12-10/h2-7,10H,8H2,1H3/b5-2+. The maximum absolute atomic E-state index is 5.66. The van der Waals surface area contributed by atoms with Crippen molar-refractivity contribution >= 4 is 0 Å². The highest BCUT2D eigenvalue weighted by molar-refractivity contribution is 5.38. The SMILES string of the molecule is C/C=C/C1Cc2ccccc2O1. The number of ether oxygens (including phenoxy) is 1. The van der Waals surface area contributed by atoms with Crippen LogP contribution >= 0.6 is 0 Å². The third-order valence-electron chi connectivity index (χ3n) is 2.08. The van der Waals surface area contributed by atoms with E-state index in [9.17, 15) is 0 Å². The van der Waals surface area contributed by atoms with Gasteiger partial charge >= 0.3 is 0 Å². The van der Waals surface area contributed by atoms with Gasteiger partial charge in [-0.25, -0.2) is 0 Å². The zero-order chi connectivity index (χ0) is 8.39. The molecule has 1 heterocycles. The van der Waals surface area contributed by atoms with Crippen LogP contribution in [0.5, 0.6) is 5.75 Å². The topological polar surface area (TPSA) is 9.23 Å². The van der Waals surface area contributed by atoms with Crippen molar-refractivity contribution in [2.24, 2.45) is 0 Å². The predicted octanol–water partition coefficient (Wildman–Crippen LogP) is 2.57. The fourth-order valence-electron chi connectivity index (χ4n) is 1.53. The summed E-state index contributed by atoms with van der Waals surface area (Å²) in [6.45, 7) is 2.02. The molecule has 1 aromatic carbocycles. The Labute approximate surface area is 72.7 Å². The Morgan fingerprint density at radius 2 is 2.25 bits per heavy atom. The molecule has 0 aromatic heterocycles. The zero-order valence-electron chi connectivity index (χ0n) is 7.16. The van der Waals surface area contributed by atoms with Crippen LogP contribution in [0.1, 0.15) is 12.5 Å². The molecule has 1 aromatic rings. The van der Waals surface area contributed by atoms with Gasteiger partial charge in [0.25, 0.3) is 0 Å². The summed E-state index contributed by atoms with van der Waals surface area (Å²) in [7, 11) is 0. The molecule has 1 atom stereocenters. The van der Waals surface area contributed by atoms with E-state index in [0.29, 0.717) is 0 Å². The van der Waals surface area contributed by atoms with Crippen LogP contribution < -0.4 is 4.74 Å². The normalized spacial score (nSPS) is 20.9. The van der Waals surface area contributed by atoms with Crippen LogP contribution in [0.4, 0.5) is 0 Å². The number of hydrogen-bond acceptors (Lipinski definition) is 1. The van der Waals surface area contributed by atoms with Crippen LogP contribution in [0.25, 0.3) is 0 Å². The lowest BCUT2D eigenvalue weighted by atomic mass is 10.1. The molecule has 0 saturated heterocycles. The molecule has 2 rings (SSSR count). The van der Waals surface area contributed by atoms with Crippen molar-refractivity contribution in [3.63, 3.8) is 0 Å². The lowest BCUT2D eigenvalue weighted by molar-refractivity contribution is 0.283. The molecule has 12 heavy (non-hydrogen) atoms. The molecule has 0 radical (unpaired) electrons. The first-order valence-electron chi connectivity index (χ1n) is 4.27. The summed E-state index contributed by atoms with van der Waals surface area (Å²) >= 11 is 0. The number of benzene rings is 1. The molecule has 0 N–H and O–H groups in total. The second-order valence-corrected chi connectivity index (χ2v) is 2.99.